The van der Waals surface area contributed by atoms with Gasteiger partial charge in [0.1, 0.15) is 12.4 Å². The van der Waals surface area contributed by atoms with Gasteiger partial charge in [0.2, 0.25) is 0 Å². The summed E-state index contributed by atoms with van der Waals surface area (Å²) in [6.07, 6.45) is 5.88. The fourth-order valence-corrected chi connectivity index (χ4v) is 6.06. The standard InChI is InChI=1S/C27H27N3O3/c1-17-28-14-18(15-29-17)27(32)12-19-10-11-20(13-27)30(19)26(31)33-16-25-23-8-4-2-6-21(23)22-7-3-5-9-24(22)25/h2-9,14-15,19-20,25,32H,10-13,16H2,1H3. The van der Waals surface area contributed by atoms with Gasteiger partial charge in [-0.25, -0.2) is 14.8 Å². The monoisotopic (exact) mass is 441 g/mol. The number of aryl methyl sites for hydroxylation is 1. The number of aromatic nitrogens is 2. The summed E-state index contributed by atoms with van der Waals surface area (Å²) in [4.78, 5) is 23.6. The second-order valence-electron chi connectivity index (χ2n) is 9.56. The van der Waals surface area contributed by atoms with Crippen LogP contribution in [0.2, 0.25) is 0 Å². The number of carbonyl (C=O) groups excluding carboxylic acids is 1. The fourth-order valence-electron chi connectivity index (χ4n) is 6.06. The van der Waals surface area contributed by atoms with Crippen molar-refractivity contribution in [1.82, 2.24) is 14.9 Å². The van der Waals surface area contributed by atoms with Crippen LogP contribution >= 0.6 is 0 Å². The second kappa shape index (κ2) is 7.66. The summed E-state index contributed by atoms with van der Waals surface area (Å²) in [5.41, 5.74) is 4.59. The van der Waals surface area contributed by atoms with E-state index in [9.17, 15) is 9.90 Å². The third-order valence-corrected chi connectivity index (χ3v) is 7.63. The van der Waals surface area contributed by atoms with Gasteiger partial charge in [-0.1, -0.05) is 48.5 Å². The molecule has 33 heavy (non-hydrogen) atoms. The van der Waals surface area contributed by atoms with E-state index in [0.29, 0.717) is 25.3 Å². The van der Waals surface area contributed by atoms with E-state index in [1.54, 1.807) is 12.4 Å². The molecule has 2 unspecified atom stereocenters. The van der Waals surface area contributed by atoms with Crippen molar-refractivity contribution in [3.05, 3.63) is 83.4 Å². The first-order valence-electron chi connectivity index (χ1n) is 11.7. The summed E-state index contributed by atoms with van der Waals surface area (Å²) in [5, 5.41) is 11.4. The third-order valence-electron chi connectivity index (χ3n) is 7.63. The molecule has 0 saturated carbocycles. The van der Waals surface area contributed by atoms with Gasteiger partial charge in [0, 0.05) is 48.8 Å². The van der Waals surface area contributed by atoms with Crippen molar-refractivity contribution < 1.29 is 14.6 Å². The molecular weight excluding hydrogens is 414 g/mol. The molecule has 3 aliphatic rings. The molecule has 1 amide bonds. The Morgan fingerprint density at radius 1 is 1.00 bits per heavy atom. The van der Waals surface area contributed by atoms with Crippen LogP contribution in [0.3, 0.4) is 0 Å². The molecule has 6 heteroatoms. The Labute approximate surface area is 193 Å². The van der Waals surface area contributed by atoms with Crippen LogP contribution < -0.4 is 0 Å². The molecule has 2 atom stereocenters. The van der Waals surface area contributed by atoms with Crippen molar-refractivity contribution in [2.75, 3.05) is 6.61 Å². The summed E-state index contributed by atoms with van der Waals surface area (Å²) >= 11 is 0. The van der Waals surface area contributed by atoms with Crippen molar-refractivity contribution >= 4 is 6.09 Å². The number of amides is 1. The minimum Gasteiger partial charge on any atom is -0.448 e. The quantitative estimate of drug-likeness (QED) is 0.645. The third kappa shape index (κ3) is 3.32. The number of ether oxygens (including phenoxy) is 1. The zero-order valence-electron chi connectivity index (χ0n) is 18.6. The number of aliphatic hydroxyl groups is 1. The molecule has 1 aliphatic carbocycles. The number of piperidine rings is 1. The molecule has 6 rings (SSSR count). The van der Waals surface area contributed by atoms with Crippen molar-refractivity contribution in [3.63, 3.8) is 0 Å². The number of fused-ring (bicyclic) bond motifs is 5. The number of benzene rings is 2. The van der Waals surface area contributed by atoms with Crippen LogP contribution in [0.5, 0.6) is 0 Å². The van der Waals surface area contributed by atoms with E-state index in [-0.39, 0.29) is 24.1 Å². The van der Waals surface area contributed by atoms with Crippen LogP contribution in [-0.2, 0) is 10.3 Å². The molecule has 2 aliphatic heterocycles. The van der Waals surface area contributed by atoms with E-state index in [1.165, 1.54) is 22.3 Å². The summed E-state index contributed by atoms with van der Waals surface area (Å²) in [6.45, 7) is 2.15. The summed E-state index contributed by atoms with van der Waals surface area (Å²) in [7, 11) is 0. The molecule has 3 heterocycles. The number of nitrogens with zero attached hydrogens (tertiary/aromatic N) is 3. The molecular formula is C27H27N3O3. The van der Waals surface area contributed by atoms with Gasteiger partial charge in [0.25, 0.3) is 0 Å². The van der Waals surface area contributed by atoms with E-state index in [4.69, 9.17) is 4.74 Å². The lowest BCUT2D eigenvalue weighted by molar-refractivity contribution is -0.0535. The van der Waals surface area contributed by atoms with Crippen LogP contribution in [0.4, 0.5) is 4.79 Å². The maximum Gasteiger partial charge on any atom is 0.410 e. The van der Waals surface area contributed by atoms with Crippen molar-refractivity contribution in [3.8, 4) is 11.1 Å². The highest BCUT2D eigenvalue weighted by atomic mass is 16.6. The Kier molecular flexibility index (Phi) is 4.73. The van der Waals surface area contributed by atoms with Gasteiger partial charge in [-0.2, -0.15) is 0 Å². The fraction of sp³-hybridized carbons (Fsp3) is 0.370. The molecule has 2 aromatic carbocycles. The molecule has 0 spiro atoms. The van der Waals surface area contributed by atoms with Crippen molar-refractivity contribution in [2.45, 2.75) is 56.2 Å². The lowest BCUT2D eigenvalue weighted by atomic mass is 9.82. The van der Waals surface area contributed by atoms with Gasteiger partial charge in [0.15, 0.2) is 0 Å². The summed E-state index contributed by atoms with van der Waals surface area (Å²) in [5.74, 6) is 0.729. The van der Waals surface area contributed by atoms with Crippen LogP contribution in [0.1, 0.15) is 54.1 Å². The molecule has 3 aromatic rings. The smallest absolute Gasteiger partial charge is 0.410 e. The van der Waals surface area contributed by atoms with E-state index in [1.807, 2.05) is 24.0 Å². The Morgan fingerprint density at radius 2 is 1.55 bits per heavy atom. The molecule has 2 fully saturated rings. The Bertz CT molecular complexity index is 1150. The zero-order valence-corrected chi connectivity index (χ0v) is 18.6. The average Bonchev–Trinajstić information content (AvgIpc) is 3.30. The summed E-state index contributed by atoms with van der Waals surface area (Å²) in [6, 6.07) is 16.6. The molecule has 6 nitrogen and oxygen atoms in total. The van der Waals surface area contributed by atoms with Gasteiger partial charge in [-0.3, -0.25) is 0 Å². The van der Waals surface area contributed by atoms with E-state index in [2.05, 4.69) is 46.4 Å². The molecule has 0 radical (unpaired) electrons. The first-order chi connectivity index (χ1) is 16.0. The zero-order chi connectivity index (χ0) is 22.6. The number of hydrogen-bond donors (Lipinski definition) is 1. The van der Waals surface area contributed by atoms with Gasteiger partial charge < -0.3 is 14.7 Å². The molecule has 1 aromatic heterocycles. The van der Waals surface area contributed by atoms with Crippen LogP contribution in [0, 0.1) is 6.92 Å². The minimum absolute atomic E-state index is 0.0364. The normalized spacial score (nSPS) is 25.6. The topological polar surface area (TPSA) is 75.6 Å². The predicted octanol–water partition coefficient (Wildman–Crippen LogP) is 4.55. The largest absolute Gasteiger partial charge is 0.448 e. The van der Waals surface area contributed by atoms with Crippen LogP contribution in [0.25, 0.3) is 11.1 Å². The lowest BCUT2D eigenvalue weighted by Gasteiger charge is -2.43. The predicted molar refractivity (Wildman–Crippen MR) is 124 cm³/mol. The van der Waals surface area contributed by atoms with Crippen molar-refractivity contribution in [2.24, 2.45) is 0 Å². The minimum atomic E-state index is -1.00. The first kappa shape index (κ1) is 20.4. The van der Waals surface area contributed by atoms with Crippen molar-refractivity contribution in [1.29, 1.82) is 0 Å². The average molecular weight is 442 g/mol. The molecule has 2 saturated heterocycles. The SMILES string of the molecule is Cc1ncc(C2(O)CC3CCC(C2)N3C(=O)OCC2c3ccccc3-c3ccccc32)cn1. The highest BCUT2D eigenvalue weighted by Crippen LogP contribution is 2.47. The molecule has 1 N–H and O–H groups in total. The van der Waals surface area contributed by atoms with Crippen LogP contribution in [0.15, 0.2) is 60.9 Å². The highest BCUT2D eigenvalue weighted by molar-refractivity contribution is 5.79. The molecule has 2 bridgehead atoms. The highest BCUT2D eigenvalue weighted by Gasteiger charge is 2.51. The molecule has 168 valence electrons. The maximum atomic E-state index is 13.2. The van der Waals surface area contributed by atoms with Gasteiger partial charge in [0.05, 0.1) is 5.60 Å². The number of carbonyl (C=O) groups is 1. The Balaban J connectivity index is 1.18. The number of hydrogen-bond acceptors (Lipinski definition) is 5. The van der Waals surface area contributed by atoms with E-state index < -0.39 is 5.60 Å². The van der Waals surface area contributed by atoms with Gasteiger partial charge in [-0.15, -0.1) is 0 Å². The van der Waals surface area contributed by atoms with Crippen LogP contribution in [-0.4, -0.2) is 44.8 Å². The van der Waals surface area contributed by atoms with Gasteiger partial charge in [-0.05, 0) is 42.0 Å². The van der Waals surface area contributed by atoms with E-state index >= 15 is 0 Å². The van der Waals surface area contributed by atoms with E-state index in [0.717, 1.165) is 18.4 Å². The maximum absolute atomic E-state index is 13.2. The summed E-state index contributed by atoms with van der Waals surface area (Å²) < 4.78 is 5.93. The Hall–Kier alpha value is -3.25. The van der Waals surface area contributed by atoms with Gasteiger partial charge >= 0.3 is 6.09 Å². The first-order valence-corrected chi connectivity index (χ1v) is 11.7. The second-order valence-corrected chi connectivity index (χ2v) is 9.56. The number of rotatable bonds is 3. The Morgan fingerprint density at radius 3 is 2.12 bits per heavy atom. The lowest BCUT2D eigenvalue weighted by Crippen LogP contribution is -2.52.